The fraction of sp³-hybridized carbons (Fsp3) is 0.467. The molecule has 1 aromatic carbocycles. The van der Waals surface area contributed by atoms with Gasteiger partial charge in [-0.25, -0.2) is 0 Å². The molecule has 5 nitrogen and oxygen atoms in total. The van der Waals surface area contributed by atoms with Crippen LogP contribution in [0.4, 0.5) is 5.69 Å². The average molecular weight is 312 g/mol. The van der Waals surface area contributed by atoms with Crippen molar-refractivity contribution in [2.75, 3.05) is 25.0 Å². The monoisotopic (exact) mass is 311 g/mol. The lowest BCUT2D eigenvalue weighted by Gasteiger charge is -2.13. The smallest absolute Gasteiger partial charge is 0.243 e. The standard InChI is InChI=1S/C15H21N3O2.ClH/c1-10-4-3-5-11(2)14(10)18-13(19)9-17-15(20)12-6-7-16-8-12;/h3-5,12,16H,6-9H2,1-2H3,(H,17,20)(H,18,19);1H. The molecule has 0 aliphatic carbocycles. The second-order valence-electron chi connectivity index (χ2n) is 5.22. The number of halogens is 1. The minimum atomic E-state index is -0.193. The third-order valence-corrected chi connectivity index (χ3v) is 3.60. The van der Waals surface area contributed by atoms with Crippen molar-refractivity contribution in [3.63, 3.8) is 0 Å². The number of hydrogen-bond acceptors (Lipinski definition) is 3. The molecule has 0 bridgehead atoms. The first-order valence-corrected chi connectivity index (χ1v) is 6.92. The molecule has 2 amide bonds. The van der Waals surface area contributed by atoms with Crippen LogP contribution in [0.3, 0.4) is 0 Å². The highest BCUT2D eigenvalue weighted by Crippen LogP contribution is 2.19. The maximum atomic E-state index is 11.9. The zero-order chi connectivity index (χ0) is 14.5. The number of carbonyl (C=O) groups is 2. The van der Waals surface area contributed by atoms with Crippen molar-refractivity contribution in [2.24, 2.45) is 5.92 Å². The summed E-state index contributed by atoms with van der Waals surface area (Å²) < 4.78 is 0. The fourth-order valence-corrected chi connectivity index (χ4v) is 2.39. The van der Waals surface area contributed by atoms with Gasteiger partial charge in [0, 0.05) is 12.2 Å². The van der Waals surface area contributed by atoms with E-state index in [9.17, 15) is 9.59 Å². The van der Waals surface area contributed by atoms with Crippen LogP contribution < -0.4 is 16.0 Å². The molecular weight excluding hydrogens is 290 g/mol. The first kappa shape index (κ1) is 17.5. The molecule has 1 fully saturated rings. The van der Waals surface area contributed by atoms with Gasteiger partial charge in [0.15, 0.2) is 0 Å². The number of anilines is 1. The Labute approximate surface area is 131 Å². The van der Waals surface area contributed by atoms with Crippen LogP contribution in [-0.4, -0.2) is 31.4 Å². The van der Waals surface area contributed by atoms with Gasteiger partial charge in [0.2, 0.25) is 11.8 Å². The second-order valence-corrected chi connectivity index (χ2v) is 5.22. The molecule has 116 valence electrons. The van der Waals surface area contributed by atoms with Gasteiger partial charge in [0.25, 0.3) is 0 Å². The molecule has 1 aliphatic rings. The molecule has 1 heterocycles. The number of carbonyl (C=O) groups excluding carboxylic acids is 2. The predicted octanol–water partition coefficient (Wildman–Crippen LogP) is 1.39. The summed E-state index contributed by atoms with van der Waals surface area (Å²) in [5.41, 5.74) is 2.86. The van der Waals surface area contributed by atoms with Crippen molar-refractivity contribution < 1.29 is 9.59 Å². The van der Waals surface area contributed by atoms with Gasteiger partial charge in [0.05, 0.1) is 12.5 Å². The van der Waals surface area contributed by atoms with Crippen LogP contribution in [0.2, 0.25) is 0 Å². The lowest BCUT2D eigenvalue weighted by atomic mass is 10.1. The minimum Gasteiger partial charge on any atom is -0.347 e. The Morgan fingerprint density at radius 2 is 1.95 bits per heavy atom. The molecule has 0 saturated carbocycles. The Balaban J connectivity index is 0.00000220. The van der Waals surface area contributed by atoms with Gasteiger partial charge in [-0.05, 0) is 37.9 Å². The third-order valence-electron chi connectivity index (χ3n) is 3.60. The first-order chi connectivity index (χ1) is 9.58. The van der Waals surface area contributed by atoms with E-state index in [0.717, 1.165) is 29.8 Å². The lowest BCUT2D eigenvalue weighted by molar-refractivity contribution is -0.126. The van der Waals surface area contributed by atoms with Crippen molar-refractivity contribution >= 4 is 29.9 Å². The molecular formula is C15H22ClN3O2. The summed E-state index contributed by atoms with van der Waals surface area (Å²) in [4.78, 5) is 23.7. The molecule has 1 aliphatic heterocycles. The maximum absolute atomic E-state index is 11.9. The highest BCUT2D eigenvalue weighted by Gasteiger charge is 2.22. The normalized spacial score (nSPS) is 17.0. The zero-order valence-electron chi connectivity index (χ0n) is 12.4. The minimum absolute atomic E-state index is 0. The van der Waals surface area contributed by atoms with Crippen molar-refractivity contribution in [3.8, 4) is 0 Å². The number of para-hydroxylation sites is 1. The molecule has 21 heavy (non-hydrogen) atoms. The lowest BCUT2D eigenvalue weighted by Crippen LogP contribution is -2.37. The van der Waals surface area contributed by atoms with E-state index in [-0.39, 0.29) is 36.7 Å². The Morgan fingerprint density at radius 1 is 1.29 bits per heavy atom. The summed E-state index contributed by atoms with van der Waals surface area (Å²) >= 11 is 0. The Kier molecular flexibility index (Phi) is 6.65. The molecule has 3 N–H and O–H groups in total. The number of hydrogen-bond donors (Lipinski definition) is 3. The van der Waals surface area contributed by atoms with Gasteiger partial charge >= 0.3 is 0 Å². The van der Waals surface area contributed by atoms with Crippen molar-refractivity contribution in [3.05, 3.63) is 29.3 Å². The summed E-state index contributed by atoms with van der Waals surface area (Å²) in [5.74, 6) is -0.253. The van der Waals surface area contributed by atoms with Crippen LogP contribution >= 0.6 is 12.4 Å². The summed E-state index contributed by atoms with van der Waals surface area (Å²) in [7, 11) is 0. The van der Waals surface area contributed by atoms with Gasteiger partial charge in [-0.3, -0.25) is 9.59 Å². The molecule has 0 aromatic heterocycles. The van der Waals surface area contributed by atoms with Gasteiger partial charge < -0.3 is 16.0 Å². The van der Waals surface area contributed by atoms with Gasteiger partial charge in [-0.1, -0.05) is 18.2 Å². The van der Waals surface area contributed by atoms with Crippen molar-refractivity contribution in [2.45, 2.75) is 20.3 Å². The molecule has 1 unspecified atom stereocenters. The molecule has 1 aromatic rings. The summed E-state index contributed by atoms with van der Waals surface area (Å²) in [6, 6.07) is 5.85. The Hall–Kier alpha value is -1.59. The van der Waals surface area contributed by atoms with Crippen LogP contribution in [-0.2, 0) is 9.59 Å². The van der Waals surface area contributed by atoms with E-state index in [0.29, 0.717) is 6.54 Å². The van der Waals surface area contributed by atoms with E-state index in [1.807, 2.05) is 32.0 Å². The maximum Gasteiger partial charge on any atom is 0.243 e. The van der Waals surface area contributed by atoms with Gasteiger partial charge in [-0.2, -0.15) is 0 Å². The molecule has 6 heteroatoms. The van der Waals surface area contributed by atoms with Crippen LogP contribution in [0.15, 0.2) is 18.2 Å². The Bertz CT molecular complexity index is 493. The van der Waals surface area contributed by atoms with E-state index in [2.05, 4.69) is 16.0 Å². The quantitative estimate of drug-likeness (QED) is 0.787. The van der Waals surface area contributed by atoms with E-state index >= 15 is 0 Å². The highest BCUT2D eigenvalue weighted by molar-refractivity contribution is 5.96. The summed E-state index contributed by atoms with van der Waals surface area (Å²) in [5, 5.41) is 8.68. The summed E-state index contributed by atoms with van der Waals surface area (Å²) in [6.45, 7) is 5.48. The highest BCUT2D eigenvalue weighted by atomic mass is 35.5. The third kappa shape index (κ3) is 4.72. The van der Waals surface area contributed by atoms with Crippen molar-refractivity contribution in [1.82, 2.24) is 10.6 Å². The molecule has 2 rings (SSSR count). The van der Waals surface area contributed by atoms with Crippen LogP contribution in [0.1, 0.15) is 17.5 Å². The molecule has 1 saturated heterocycles. The fourth-order valence-electron chi connectivity index (χ4n) is 2.39. The van der Waals surface area contributed by atoms with E-state index in [1.54, 1.807) is 0 Å². The van der Waals surface area contributed by atoms with Gasteiger partial charge in [0.1, 0.15) is 0 Å². The largest absolute Gasteiger partial charge is 0.347 e. The number of amides is 2. The number of benzene rings is 1. The zero-order valence-corrected chi connectivity index (χ0v) is 13.2. The topological polar surface area (TPSA) is 70.2 Å². The number of nitrogens with one attached hydrogen (secondary N) is 3. The first-order valence-electron chi connectivity index (χ1n) is 6.92. The number of aryl methyl sites for hydroxylation is 2. The van der Waals surface area contributed by atoms with E-state index in [4.69, 9.17) is 0 Å². The van der Waals surface area contributed by atoms with Crippen LogP contribution in [0.5, 0.6) is 0 Å². The average Bonchev–Trinajstić information content (AvgIpc) is 2.94. The number of rotatable bonds is 4. The van der Waals surface area contributed by atoms with Crippen LogP contribution in [0, 0.1) is 19.8 Å². The summed E-state index contributed by atoms with van der Waals surface area (Å²) in [6.07, 6.45) is 0.838. The predicted molar refractivity (Wildman–Crippen MR) is 85.8 cm³/mol. The SMILES string of the molecule is Cc1cccc(C)c1NC(=O)CNC(=O)C1CCNC1.Cl. The van der Waals surface area contributed by atoms with Crippen LogP contribution in [0.25, 0.3) is 0 Å². The molecule has 1 atom stereocenters. The van der Waals surface area contributed by atoms with Crippen molar-refractivity contribution in [1.29, 1.82) is 0 Å². The Morgan fingerprint density at radius 3 is 2.52 bits per heavy atom. The second kappa shape index (κ2) is 8.00. The van der Waals surface area contributed by atoms with Gasteiger partial charge in [-0.15, -0.1) is 12.4 Å². The molecule has 0 radical (unpaired) electrons. The van der Waals surface area contributed by atoms with E-state index < -0.39 is 0 Å². The molecule has 0 spiro atoms. The van der Waals surface area contributed by atoms with E-state index in [1.165, 1.54) is 0 Å².